The van der Waals surface area contributed by atoms with Crippen LogP contribution in [0.15, 0.2) is 15.8 Å². The van der Waals surface area contributed by atoms with Gasteiger partial charge in [-0.25, -0.2) is 8.88 Å². The first kappa shape index (κ1) is 13.4. The van der Waals surface area contributed by atoms with Crippen LogP contribution in [0.4, 0.5) is 5.69 Å². The zero-order chi connectivity index (χ0) is 12.5. The normalized spacial score (nSPS) is 10.9. The molecule has 0 fully saturated rings. The number of aromatic nitrogens is 2. The maximum atomic E-state index is 11.8. The lowest BCUT2D eigenvalue weighted by molar-refractivity contribution is 0.490. The molecule has 0 bridgehead atoms. The first-order valence-electron chi connectivity index (χ1n) is 4.49. The van der Waals surface area contributed by atoms with Gasteiger partial charge in [0.05, 0.1) is 6.20 Å². The van der Waals surface area contributed by atoms with Crippen molar-refractivity contribution >= 4 is 41.0 Å². The fourth-order valence-electron chi connectivity index (χ4n) is 1.20. The summed E-state index contributed by atoms with van der Waals surface area (Å²) < 4.78 is 2.32. The van der Waals surface area contributed by atoms with Crippen LogP contribution < -0.4 is 15.2 Å². The predicted octanol–water partition coefficient (Wildman–Crippen LogP) is 1.78. The Morgan fingerprint density at radius 2 is 1.94 bits per heavy atom. The van der Waals surface area contributed by atoms with Crippen molar-refractivity contribution in [1.29, 1.82) is 0 Å². The maximum absolute atomic E-state index is 11.8. The van der Waals surface area contributed by atoms with E-state index in [2.05, 4.69) is 0 Å². The van der Waals surface area contributed by atoms with Crippen LogP contribution in [0.3, 0.4) is 0 Å². The van der Waals surface area contributed by atoms with Crippen LogP contribution in [0.2, 0.25) is 0 Å². The fourth-order valence-corrected chi connectivity index (χ4v) is 1.62. The highest BCUT2D eigenvalue weighted by Crippen LogP contribution is 2.12. The summed E-state index contributed by atoms with van der Waals surface area (Å²) in [5, 5.41) is 0. The van der Waals surface area contributed by atoms with Gasteiger partial charge in [-0.15, -0.1) is 0 Å². The molecular formula is C8H10Cl3N3O2. The molecule has 0 aliphatic rings. The monoisotopic (exact) mass is 285 g/mol. The molecule has 16 heavy (non-hydrogen) atoms. The van der Waals surface area contributed by atoms with Gasteiger partial charge in [-0.3, -0.25) is 9.36 Å². The van der Waals surface area contributed by atoms with Crippen LogP contribution in [0.1, 0.15) is 13.8 Å². The minimum absolute atomic E-state index is 0.0708. The molecule has 1 aromatic rings. The smallest absolute Gasteiger partial charge is 0.267 e. The lowest BCUT2D eigenvalue weighted by Crippen LogP contribution is -2.39. The zero-order valence-corrected chi connectivity index (χ0v) is 10.9. The van der Waals surface area contributed by atoms with Crippen LogP contribution in [0.5, 0.6) is 0 Å². The average Bonchev–Trinajstić information content (AvgIpc) is 2.17. The van der Waals surface area contributed by atoms with Gasteiger partial charge in [0, 0.05) is 41.9 Å². The van der Waals surface area contributed by atoms with Crippen molar-refractivity contribution in [2.45, 2.75) is 20.4 Å². The predicted molar refractivity (Wildman–Crippen MR) is 65.2 cm³/mol. The summed E-state index contributed by atoms with van der Waals surface area (Å²) in [6, 6.07) is 0. The Balaban J connectivity index is 3.46. The van der Waals surface area contributed by atoms with Crippen molar-refractivity contribution in [2.24, 2.45) is 5.92 Å². The molecular weight excluding hydrogens is 276 g/mol. The van der Waals surface area contributed by atoms with Gasteiger partial charge in [-0.1, -0.05) is 13.8 Å². The Labute approximate surface area is 107 Å². The molecule has 0 radical (unpaired) electrons. The molecule has 0 atom stereocenters. The molecule has 0 aromatic carbocycles. The molecule has 0 N–H and O–H groups in total. The summed E-state index contributed by atoms with van der Waals surface area (Å²) >= 11 is 16.5. The third-order valence-electron chi connectivity index (χ3n) is 1.84. The SMILES string of the molecule is CC(C)Cn1c(=O)c(N(Cl)Cl)cn(Cl)c1=O. The number of hydrogen-bond acceptors (Lipinski definition) is 3. The molecule has 5 nitrogen and oxygen atoms in total. The molecule has 90 valence electrons. The minimum Gasteiger partial charge on any atom is -0.267 e. The second-order valence-electron chi connectivity index (χ2n) is 3.65. The van der Waals surface area contributed by atoms with Crippen molar-refractivity contribution in [2.75, 3.05) is 3.94 Å². The van der Waals surface area contributed by atoms with Gasteiger partial charge in [0.15, 0.2) is 5.69 Å². The van der Waals surface area contributed by atoms with Crippen LogP contribution in [-0.2, 0) is 6.54 Å². The second-order valence-corrected chi connectivity index (χ2v) is 4.86. The number of anilines is 1. The van der Waals surface area contributed by atoms with Gasteiger partial charge >= 0.3 is 5.69 Å². The van der Waals surface area contributed by atoms with Crippen molar-refractivity contribution in [3.8, 4) is 0 Å². The highest BCUT2D eigenvalue weighted by Gasteiger charge is 2.14. The Hall–Kier alpha value is -0.650. The Bertz CT molecular complexity index is 492. The average molecular weight is 287 g/mol. The third-order valence-corrected chi connectivity index (χ3v) is 2.45. The lowest BCUT2D eigenvalue weighted by atomic mass is 10.2. The van der Waals surface area contributed by atoms with E-state index in [1.54, 1.807) is 0 Å². The molecule has 0 amide bonds. The van der Waals surface area contributed by atoms with Crippen LogP contribution in [-0.4, -0.2) is 8.65 Å². The lowest BCUT2D eigenvalue weighted by Gasteiger charge is -2.12. The molecule has 0 spiro atoms. The Morgan fingerprint density at radius 3 is 2.38 bits per heavy atom. The highest BCUT2D eigenvalue weighted by molar-refractivity contribution is 6.49. The van der Waals surface area contributed by atoms with Crippen LogP contribution >= 0.6 is 35.3 Å². The third kappa shape index (κ3) is 2.72. The molecule has 1 heterocycles. The highest BCUT2D eigenvalue weighted by atomic mass is 35.5. The summed E-state index contributed by atoms with van der Waals surface area (Å²) in [4.78, 5) is 23.4. The van der Waals surface area contributed by atoms with Gasteiger partial charge in [0.25, 0.3) is 5.56 Å². The maximum Gasteiger partial charge on any atom is 0.345 e. The molecule has 0 saturated heterocycles. The fraction of sp³-hybridized carbons (Fsp3) is 0.500. The first-order valence-corrected chi connectivity index (χ1v) is 5.50. The van der Waals surface area contributed by atoms with Crippen molar-refractivity contribution in [3.63, 3.8) is 0 Å². The Morgan fingerprint density at radius 1 is 1.38 bits per heavy atom. The molecule has 0 unspecified atom stereocenters. The van der Waals surface area contributed by atoms with E-state index in [1.807, 2.05) is 13.8 Å². The second kappa shape index (κ2) is 5.12. The summed E-state index contributed by atoms with van der Waals surface area (Å²) in [6.45, 7) is 3.99. The van der Waals surface area contributed by atoms with E-state index in [9.17, 15) is 9.59 Å². The Kier molecular flexibility index (Phi) is 4.29. The quantitative estimate of drug-likeness (QED) is 0.796. The van der Waals surface area contributed by atoms with Crippen LogP contribution in [0.25, 0.3) is 0 Å². The zero-order valence-electron chi connectivity index (χ0n) is 8.65. The van der Waals surface area contributed by atoms with E-state index >= 15 is 0 Å². The number of rotatable bonds is 3. The molecule has 0 aliphatic carbocycles. The summed E-state index contributed by atoms with van der Waals surface area (Å²) in [5.41, 5.74) is -1.25. The number of nitrogens with zero attached hydrogens (tertiary/aromatic N) is 3. The topological polar surface area (TPSA) is 47.2 Å². The van der Waals surface area contributed by atoms with Gasteiger partial charge in [-0.2, -0.15) is 3.94 Å². The number of halogens is 3. The summed E-state index contributed by atoms with van der Waals surface area (Å²) in [6.07, 6.45) is 1.07. The standard InChI is InChI=1S/C8H10Cl3N3O2/c1-5(2)3-12-7(15)6(14(10)11)4-13(9)8(12)16/h4-5H,3H2,1-2H3. The molecule has 8 heteroatoms. The summed E-state index contributed by atoms with van der Waals surface area (Å²) in [5.74, 6) is 0.122. The van der Waals surface area contributed by atoms with Crippen LogP contribution in [0, 0.1) is 5.92 Å². The van der Waals surface area contributed by atoms with E-state index in [-0.39, 0.29) is 18.2 Å². The van der Waals surface area contributed by atoms with E-state index < -0.39 is 11.2 Å². The minimum atomic E-state index is -0.612. The number of hydrogen-bond donors (Lipinski definition) is 0. The van der Waals surface area contributed by atoms with Gasteiger partial charge < -0.3 is 0 Å². The first-order chi connectivity index (χ1) is 7.34. The van der Waals surface area contributed by atoms with Gasteiger partial charge in [0.1, 0.15) is 0 Å². The molecule has 0 saturated carbocycles. The van der Waals surface area contributed by atoms with E-state index in [0.29, 0.717) is 3.94 Å². The van der Waals surface area contributed by atoms with Gasteiger partial charge in [0.2, 0.25) is 0 Å². The largest absolute Gasteiger partial charge is 0.345 e. The van der Waals surface area contributed by atoms with E-state index in [0.717, 1.165) is 14.9 Å². The van der Waals surface area contributed by atoms with E-state index in [4.69, 9.17) is 35.3 Å². The van der Waals surface area contributed by atoms with Gasteiger partial charge in [-0.05, 0) is 5.92 Å². The molecule has 1 rings (SSSR count). The van der Waals surface area contributed by atoms with Crippen molar-refractivity contribution in [1.82, 2.24) is 8.65 Å². The van der Waals surface area contributed by atoms with Crippen molar-refractivity contribution < 1.29 is 0 Å². The molecule has 1 aromatic heterocycles. The molecule has 0 aliphatic heterocycles. The van der Waals surface area contributed by atoms with E-state index in [1.165, 1.54) is 0 Å². The summed E-state index contributed by atoms with van der Waals surface area (Å²) in [7, 11) is 0. The van der Waals surface area contributed by atoms with Crippen molar-refractivity contribution in [3.05, 3.63) is 27.0 Å².